The van der Waals surface area contributed by atoms with Crippen LogP contribution in [0, 0.1) is 0 Å². The highest BCUT2D eigenvalue weighted by molar-refractivity contribution is 6.01. The van der Waals surface area contributed by atoms with Crippen molar-refractivity contribution < 1.29 is 9.59 Å². The lowest BCUT2D eigenvalue weighted by atomic mass is 9.89. The van der Waals surface area contributed by atoms with E-state index in [1.807, 2.05) is 29.2 Å². The first-order valence-electron chi connectivity index (χ1n) is 8.14. The summed E-state index contributed by atoms with van der Waals surface area (Å²) in [6.07, 6.45) is 3.65. The van der Waals surface area contributed by atoms with Gasteiger partial charge in [0.2, 0.25) is 11.8 Å². The van der Waals surface area contributed by atoms with Gasteiger partial charge in [0.15, 0.2) is 0 Å². The Bertz CT molecular complexity index is 622. The van der Waals surface area contributed by atoms with Crippen LogP contribution in [0.15, 0.2) is 24.3 Å². The highest BCUT2D eigenvalue weighted by Gasteiger charge is 2.37. The fourth-order valence-electron chi connectivity index (χ4n) is 4.00. The van der Waals surface area contributed by atoms with E-state index >= 15 is 0 Å². The van der Waals surface area contributed by atoms with Crippen molar-refractivity contribution in [3.8, 4) is 0 Å². The van der Waals surface area contributed by atoms with Crippen LogP contribution in [0.2, 0.25) is 0 Å². The third kappa shape index (κ3) is 3.08. The molecule has 0 saturated carbocycles. The van der Waals surface area contributed by atoms with E-state index in [0.717, 1.165) is 37.2 Å². The number of likely N-dealkylation sites (tertiary alicyclic amines) is 1. The second kappa shape index (κ2) is 6.49. The summed E-state index contributed by atoms with van der Waals surface area (Å²) in [5, 5.41) is 6.46. The summed E-state index contributed by atoms with van der Waals surface area (Å²) in [4.78, 5) is 26.9. The van der Waals surface area contributed by atoms with Crippen molar-refractivity contribution in [3.63, 3.8) is 0 Å². The maximum atomic E-state index is 13.0. The fourth-order valence-corrected chi connectivity index (χ4v) is 4.00. The maximum absolute atomic E-state index is 13.0. The van der Waals surface area contributed by atoms with Crippen LogP contribution >= 0.6 is 12.4 Å². The number of halogens is 1. The molecule has 2 amide bonds. The summed E-state index contributed by atoms with van der Waals surface area (Å²) >= 11 is 0. The molecular weight excluding hydrogens is 314 g/mol. The monoisotopic (exact) mass is 335 g/mol. The van der Waals surface area contributed by atoms with E-state index in [1.165, 1.54) is 6.42 Å². The number of rotatable bonds is 1. The second-order valence-electron chi connectivity index (χ2n) is 6.60. The number of hydrogen-bond acceptors (Lipinski definition) is 3. The molecule has 0 aromatic heterocycles. The van der Waals surface area contributed by atoms with Gasteiger partial charge in [0, 0.05) is 37.3 Å². The molecule has 2 N–H and O–H groups in total. The molecule has 124 valence electrons. The lowest BCUT2D eigenvalue weighted by Crippen LogP contribution is -2.43. The van der Waals surface area contributed by atoms with Crippen LogP contribution in [0.4, 0.5) is 5.69 Å². The number of fused-ring (bicyclic) bond motifs is 3. The van der Waals surface area contributed by atoms with Crippen molar-refractivity contribution in [2.45, 2.75) is 43.7 Å². The number of para-hydroxylation sites is 1. The van der Waals surface area contributed by atoms with Crippen LogP contribution in [-0.2, 0) is 9.59 Å². The Morgan fingerprint density at radius 3 is 2.78 bits per heavy atom. The standard InChI is InChI=1S/C17H21N3O2.ClH/c21-16-9-14(13-3-1-2-4-15(13)19-16)17(22)20-8-7-11-5-6-12(10-20)18-11;/h1-4,11-12,14,18H,5-10H2,(H,19,21);1H. The number of amides is 2. The number of nitrogens with zero attached hydrogens (tertiary/aromatic N) is 1. The van der Waals surface area contributed by atoms with Crippen LogP contribution in [-0.4, -0.2) is 41.9 Å². The highest BCUT2D eigenvalue weighted by Crippen LogP contribution is 2.34. The molecule has 3 aliphatic heterocycles. The minimum atomic E-state index is -0.332. The Labute approximate surface area is 142 Å². The molecule has 4 rings (SSSR count). The molecule has 1 aromatic rings. The predicted octanol–water partition coefficient (Wildman–Crippen LogP) is 1.89. The van der Waals surface area contributed by atoms with Crippen LogP contribution in [0.5, 0.6) is 0 Å². The van der Waals surface area contributed by atoms with E-state index < -0.39 is 0 Å². The van der Waals surface area contributed by atoms with Crippen LogP contribution in [0.25, 0.3) is 0 Å². The predicted molar refractivity (Wildman–Crippen MR) is 90.8 cm³/mol. The fraction of sp³-hybridized carbons (Fsp3) is 0.529. The Kier molecular flexibility index (Phi) is 4.60. The zero-order valence-corrected chi connectivity index (χ0v) is 13.8. The van der Waals surface area contributed by atoms with E-state index in [2.05, 4.69) is 10.6 Å². The van der Waals surface area contributed by atoms with E-state index in [0.29, 0.717) is 12.1 Å². The average Bonchev–Trinajstić information content (AvgIpc) is 2.85. The number of carbonyl (C=O) groups excluding carboxylic acids is 2. The minimum Gasteiger partial charge on any atom is -0.341 e. The first-order valence-corrected chi connectivity index (χ1v) is 8.14. The van der Waals surface area contributed by atoms with Gasteiger partial charge in [0.1, 0.15) is 0 Å². The molecule has 23 heavy (non-hydrogen) atoms. The molecule has 2 fully saturated rings. The Morgan fingerprint density at radius 1 is 1.13 bits per heavy atom. The van der Waals surface area contributed by atoms with Crippen molar-refractivity contribution in [2.75, 3.05) is 18.4 Å². The molecule has 3 aliphatic rings. The molecule has 0 radical (unpaired) electrons. The molecule has 0 aliphatic carbocycles. The molecule has 1 aromatic carbocycles. The van der Waals surface area contributed by atoms with Crippen molar-refractivity contribution in [1.29, 1.82) is 0 Å². The number of anilines is 1. The van der Waals surface area contributed by atoms with Gasteiger partial charge in [0.05, 0.1) is 5.92 Å². The number of hydrogen-bond donors (Lipinski definition) is 2. The van der Waals surface area contributed by atoms with Gasteiger partial charge >= 0.3 is 0 Å². The van der Waals surface area contributed by atoms with Gasteiger partial charge in [0.25, 0.3) is 0 Å². The third-order valence-corrected chi connectivity index (χ3v) is 5.13. The van der Waals surface area contributed by atoms with E-state index in [1.54, 1.807) is 0 Å². The molecule has 3 heterocycles. The Balaban J connectivity index is 0.00000156. The van der Waals surface area contributed by atoms with Crippen molar-refractivity contribution in [2.24, 2.45) is 0 Å². The normalized spacial score (nSPS) is 29.1. The van der Waals surface area contributed by atoms with E-state index in [9.17, 15) is 9.59 Å². The maximum Gasteiger partial charge on any atom is 0.230 e. The molecule has 3 unspecified atom stereocenters. The average molecular weight is 336 g/mol. The Morgan fingerprint density at radius 2 is 1.91 bits per heavy atom. The lowest BCUT2D eigenvalue weighted by molar-refractivity contribution is -0.135. The smallest absolute Gasteiger partial charge is 0.230 e. The Hall–Kier alpha value is -1.59. The summed E-state index contributed by atoms with van der Waals surface area (Å²) in [5.41, 5.74) is 1.74. The lowest BCUT2D eigenvalue weighted by Gasteiger charge is -2.31. The quantitative estimate of drug-likeness (QED) is 0.824. The summed E-state index contributed by atoms with van der Waals surface area (Å²) in [6.45, 7) is 1.57. The van der Waals surface area contributed by atoms with Gasteiger partial charge in [-0.05, 0) is 30.9 Å². The number of carbonyl (C=O) groups is 2. The molecule has 2 bridgehead atoms. The van der Waals surface area contributed by atoms with E-state index in [-0.39, 0.29) is 36.6 Å². The van der Waals surface area contributed by atoms with Crippen molar-refractivity contribution in [1.82, 2.24) is 10.2 Å². The van der Waals surface area contributed by atoms with Crippen molar-refractivity contribution >= 4 is 29.9 Å². The van der Waals surface area contributed by atoms with Gasteiger partial charge in [-0.25, -0.2) is 0 Å². The van der Waals surface area contributed by atoms with Crippen LogP contribution < -0.4 is 10.6 Å². The summed E-state index contributed by atoms with van der Waals surface area (Å²) in [5.74, 6) is -0.287. The first kappa shape index (κ1) is 16.3. The molecule has 5 nitrogen and oxygen atoms in total. The molecule has 2 saturated heterocycles. The summed E-state index contributed by atoms with van der Waals surface area (Å²) in [6, 6.07) is 8.63. The van der Waals surface area contributed by atoms with Gasteiger partial charge < -0.3 is 15.5 Å². The summed E-state index contributed by atoms with van der Waals surface area (Å²) < 4.78 is 0. The zero-order valence-electron chi connectivity index (χ0n) is 13.0. The third-order valence-electron chi connectivity index (χ3n) is 5.13. The SMILES string of the molecule is Cl.O=C1CC(C(=O)N2CCC3CCC(C2)N3)c2ccccc2N1. The number of nitrogens with one attached hydrogen (secondary N) is 2. The van der Waals surface area contributed by atoms with Gasteiger partial charge in [-0.15, -0.1) is 12.4 Å². The minimum absolute atomic E-state index is 0. The van der Waals surface area contributed by atoms with Crippen molar-refractivity contribution in [3.05, 3.63) is 29.8 Å². The topological polar surface area (TPSA) is 61.4 Å². The van der Waals surface area contributed by atoms with Crippen LogP contribution in [0.1, 0.15) is 37.2 Å². The van der Waals surface area contributed by atoms with Gasteiger partial charge in [-0.2, -0.15) is 0 Å². The van der Waals surface area contributed by atoms with Crippen LogP contribution in [0.3, 0.4) is 0 Å². The highest BCUT2D eigenvalue weighted by atomic mass is 35.5. The van der Waals surface area contributed by atoms with E-state index in [4.69, 9.17) is 0 Å². The van der Waals surface area contributed by atoms with Gasteiger partial charge in [-0.3, -0.25) is 9.59 Å². The molecular formula is C17H22ClN3O2. The summed E-state index contributed by atoms with van der Waals surface area (Å²) in [7, 11) is 0. The molecule has 6 heteroatoms. The molecule has 3 atom stereocenters. The molecule has 0 spiro atoms. The van der Waals surface area contributed by atoms with Gasteiger partial charge in [-0.1, -0.05) is 18.2 Å². The first-order chi connectivity index (χ1) is 10.7. The second-order valence-corrected chi connectivity index (χ2v) is 6.60. The number of benzene rings is 1. The largest absolute Gasteiger partial charge is 0.341 e. The zero-order chi connectivity index (χ0) is 15.1.